The summed E-state index contributed by atoms with van der Waals surface area (Å²) in [4.78, 5) is 15.1. The van der Waals surface area contributed by atoms with Crippen LogP contribution in [0, 0.1) is 0 Å². The number of thiazole rings is 1. The Morgan fingerprint density at radius 3 is 2.50 bits per heavy atom. The van der Waals surface area contributed by atoms with Crippen LogP contribution in [0.3, 0.4) is 0 Å². The molecule has 0 fully saturated rings. The zero-order valence-electron chi connectivity index (χ0n) is 12.3. The number of benzene rings is 1. The molecule has 0 bridgehead atoms. The number of aromatic nitrogens is 1. The third-order valence-electron chi connectivity index (χ3n) is 2.76. The van der Waals surface area contributed by atoms with Crippen molar-refractivity contribution in [3.63, 3.8) is 0 Å². The highest BCUT2D eigenvalue weighted by Crippen LogP contribution is 2.39. The third-order valence-corrected chi connectivity index (χ3v) is 4.27. The van der Waals surface area contributed by atoms with E-state index in [1.807, 2.05) is 31.4 Å². The van der Waals surface area contributed by atoms with Gasteiger partial charge in [0, 0.05) is 15.4 Å². The fourth-order valence-corrected chi connectivity index (χ4v) is 3.22. The minimum absolute atomic E-state index is 0.0718. The molecule has 0 atom stereocenters. The van der Waals surface area contributed by atoms with Crippen LogP contribution in [0.5, 0.6) is 11.5 Å². The van der Waals surface area contributed by atoms with Crippen molar-refractivity contribution in [3.05, 3.63) is 27.0 Å². The van der Waals surface area contributed by atoms with E-state index in [1.54, 1.807) is 0 Å². The first kappa shape index (κ1) is 16.8. The molecule has 0 saturated carbocycles. The Morgan fingerprint density at radius 1 is 1.27 bits per heavy atom. The largest absolute Gasteiger partial charge is 0.490 e. The quantitative estimate of drug-likeness (QED) is 0.779. The highest BCUT2D eigenvalue weighted by Gasteiger charge is 2.15. The van der Waals surface area contributed by atoms with Gasteiger partial charge in [-0.1, -0.05) is 0 Å². The van der Waals surface area contributed by atoms with Crippen LogP contribution in [-0.2, 0) is 11.2 Å². The monoisotopic (exact) mass is 385 g/mol. The number of nitrogens with zero attached hydrogens (tertiary/aromatic N) is 1. The summed E-state index contributed by atoms with van der Waals surface area (Å²) in [5, 5.41) is 11.2. The lowest BCUT2D eigenvalue weighted by atomic mass is 10.1. The molecule has 2 rings (SSSR count). The molecule has 1 aromatic heterocycles. The van der Waals surface area contributed by atoms with Gasteiger partial charge in [0.2, 0.25) is 0 Å². The normalized spacial score (nSPS) is 10.5. The molecule has 0 unspecified atom stereocenters. The number of carboxylic acid groups (broad SMARTS) is 1. The second kappa shape index (κ2) is 7.60. The first-order chi connectivity index (χ1) is 10.5. The second-order valence-corrected chi connectivity index (χ2v) is 6.14. The second-order valence-electron chi connectivity index (χ2n) is 4.34. The van der Waals surface area contributed by atoms with Crippen LogP contribution in [0.4, 0.5) is 0 Å². The molecule has 7 heteroatoms. The van der Waals surface area contributed by atoms with Gasteiger partial charge in [-0.15, -0.1) is 11.3 Å². The Labute approximate surface area is 141 Å². The maximum Gasteiger partial charge on any atom is 0.310 e. The Morgan fingerprint density at radius 2 is 1.91 bits per heavy atom. The van der Waals surface area contributed by atoms with E-state index in [0.717, 1.165) is 15.7 Å². The van der Waals surface area contributed by atoms with E-state index in [0.29, 0.717) is 29.7 Å². The van der Waals surface area contributed by atoms with E-state index in [1.165, 1.54) is 11.3 Å². The minimum Gasteiger partial charge on any atom is -0.490 e. The van der Waals surface area contributed by atoms with Crippen molar-refractivity contribution in [1.29, 1.82) is 0 Å². The number of halogens is 1. The number of carboxylic acids is 1. The van der Waals surface area contributed by atoms with Crippen LogP contribution >= 0.6 is 27.3 Å². The van der Waals surface area contributed by atoms with Gasteiger partial charge in [0.25, 0.3) is 0 Å². The molecule has 0 aliphatic carbocycles. The number of hydrogen-bond donors (Lipinski definition) is 1. The minimum atomic E-state index is -0.887. The Balaban J connectivity index is 2.39. The Hall–Kier alpha value is -1.60. The van der Waals surface area contributed by atoms with Gasteiger partial charge in [0.05, 0.1) is 25.3 Å². The predicted octanol–water partition coefficient (Wildman–Crippen LogP) is 4.00. The van der Waals surface area contributed by atoms with Gasteiger partial charge in [0.1, 0.15) is 5.01 Å². The van der Waals surface area contributed by atoms with Crippen molar-refractivity contribution < 1.29 is 19.4 Å². The van der Waals surface area contributed by atoms with Gasteiger partial charge >= 0.3 is 5.97 Å². The zero-order valence-corrected chi connectivity index (χ0v) is 14.7. The topological polar surface area (TPSA) is 68.7 Å². The van der Waals surface area contributed by atoms with E-state index < -0.39 is 5.97 Å². The summed E-state index contributed by atoms with van der Waals surface area (Å²) in [6.07, 6.45) is -0.0718. The fourth-order valence-electron chi connectivity index (χ4n) is 1.91. The SMILES string of the molecule is CCOc1cc(Br)c(-c2csc(CC(=O)O)n2)cc1OCC. The Kier molecular flexibility index (Phi) is 5.79. The molecule has 118 valence electrons. The predicted molar refractivity (Wildman–Crippen MR) is 88.9 cm³/mol. The van der Waals surface area contributed by atoms with Crippen LogP contribution < -0.4 is 9.47 Å². The van der Waals surface area contributed by atoms with Crippen LogP contribution in [-0.4, -0.2) is 29.3 Å². The number of ether oxygens (including phenoxy) is 2. The highest BCUT2D eigenvalue weighted by atomic mass is 79.9. The molecule has 1 heterocycles. The first-order valence-electron chi connectivity index (χ1n) is 6.80. The van der Waals surface area contributed by atoms with Crippen molar-refractivity contribution in [3.8, 4) is 22.8 Å². The van der Waals surface area contributed by atoms with Crippen molar-refractivity contribution in [1.82, 2.24) is 4.98 Å². The van der Waals surface area contributed by atoms with E-state index in [9.17, 15) is 4.79 Å². The van der Waals surface area contributed by atoms with Crippen molar-refractivity contribution in [2.75, 3.05) is 13.2 Å². The third kappa shape index (κ3) is 3.98. The van der Waals surface area contributed by atoms with E-state index in [-0.39, 0.29) is 6.42 Å². The van der Waals surface area contributed by atoms with E-state index in [2.05, 4.69) is 20.9 Å². The molecule has 0 amide bonds. The number of carbonyl (C=O) groups is 1. The van der Waals surface area contributed by atoms with Gasteiger partial charge in [-0.05, 0) is 41.9 Å². The fraction of sp³-hybridized carbons (Fsp3) is 0.333. The van der Waals surface area contributed by atoms with Gasteiger partial charge in [-0.25, -0.2) is 4.98 Å². The summed E-state index contributed by atoms with van der Waals surface area (Å²) in [5.74, 6) is 0.429. The summed E-state index contributed by atoms with van der Waals surface area (Å²) in [5.41, 5.74) is 1.57. The molecule has 2 aromatic rings. The average Bonchev–Trinajstić information content (AvgIpc) is 2.89. The summed E-state index contributed by atoms with van der Waals surface area (Å²) >= 11 is 4.84. The number of rotatable bonds is 7. The van der Waals surface area contributed by atoms with Crippen molar-refractivity contribution >= 4 is 33.2 Å². The Bertz CT molecular complexity index is 672. The van der Waals surface area contributed by atoms with Gasteiger partial charge in [0.15, 0.2) is 11.5 Å². The standard InChI is InChI=1S/C15H16BrNO4S/c1-3-20-12-5-9(10(16)6-13(12)21-4-2)11-8-22-14(17-11)7-15(18)19/h5-6,8H,3-4,7H2,1-2H3,(H,18,19). The smallest absolute Gasteiger partial charge is 0.310 e. The maximum absolute atomic E-state index is 10.8. The van der Waals surface area contributed by atoms with Gasteiger partial charge in [-0.2, -0.15) is 0 Å². The van der Waals surface area contributed by atoms with Crippen LogP contribution in [0.15, 0.2) is 22.0 Å². The average molecular weight is 386 g/mol. The summed E-state index contributed by atoms with van der Waals surface area (Å²) in [6.45, 7) is 4.90. The molecular weight excluding hydrogens is 370 g/mol. The molecular formula is C15H16BrNO4S. The van der Waals surface area contributed by atoms with Gasteiger partial charge < -0.3 is 14.6 Å². The molecule has 1 aromatic carbocycles. The molecule has 0 spiro atoms. The lowest BCUT2D eigenvalue weighted by Crippen LogP contribution is -2.00. The van der Waals surface area contributed by atoms with Crippen LogP contribution in [0.2, 0.25) is 0 Å². The van der Waals surface area contributed by atoms with Crippen LogP contribution in [0.25, 0.3) is 11.3 Å². The number of hydrogen-bond acceptors (Lipinski definition) is 5. The zero-order chi connectivity index (χ0) is 16.1. The van der Waals surface area contributed by atoms with Gasteiger partial charge in [-0.3, -0.25) is 4.79 Å². The molecule has 0 saturated heterocycles. The van der Waals surface area contributed by atoms with E-state index in [4.69, 9.17) is 14.6 Å². The lowest BCUT2D eigenvalue weighted by molar-refractivity contribution is -0.136. The summed E-state index contributed by atoms with van der Waals surface area (Å²) < 4.78 is 12.0. The van der Waals surface area contributed by atoms with Crippen molar-refractivity contribution in [2.45, 2.75) is 20.3 Å². The molecule has 5 nitrogen and oxygen atoms in total. The highest BCUT2D eigenvalue weighted by molar-refractivity contribution is 9.10. The summed E-state index contributed by atoms with van der Waals surface area (Å²) in [7, 11) is 0. The maximum atomic E-state index is 10.8. The molecule has 0 radical (unpaired) electrons. The molecule has 0 aliphatic rings. The molecule has 0 aliphatic heterocycles. The first-order valence-corrected chi connectivity index (χ1v) is 8.48. The summed E-state index contributed by atoms with van der Waals surface area (Å²) in [6, 6.07) is 3.71. The molecule has 1 N–H and O–H groups in total. The van der Waals surface area contributed by atoms with E-state index >= 15 is 0 Å². The van der Waals surface area contributed by atoms with Crippen molar-refractivity contribution in [2.24, 2.45) is 0 Å². The molecule has 22 heavy (non-hydrogen) atoms. The number of aliphatic carboxylic acids is 1. The van der Waals surface area contributed by atoms with Crippen LogP contribution in [0.1, 0.15) is 18.9 Å². The lowest BCUT2D eigenvalue weighted by Gasteiger charge is -2.13.